The van der Waals surface area contributed by atoms with Crippen molar-refractivity contribution in [1.82, 2.24) is 19.2 Å². The van der Waals surface area contributed by atoms with Gasteiger partial charge in [0, 0.05) is 27.1 Å². The summed E-state index contributed by atoms with van der Waals surface area (Å²) in [4.78, 5) is 32.9. The second-order valence-electron chi connectivity index (χ2n) is 6.26. The maximum atomic E-state index is 12.4. The highest BCUT2D eigenvalue weighted by atomic mass is 32.2. The first-order valence-electron chi connectivity index (χ1n) is 8.49. The van der Waals surface area contributed by atoms with Crippen LogP contribution in [0.1, 0.15) is 18.7 Å². The fourth-order valence-electron chi connectivity index (χ4n) is 2.64. The maximum Gasteiger partial charge on any atom is 0.268 e. The van der Waals surface area contributed by atoms with Crippen LogP contribution in [0.3, 0.4) is 0 Å². The Bertz CT molecular complexity index is 1120. The predicted octanol–water partition coefficient (Wildman–Crippen LogP) is 2.11. The van der Waals surface area contributed by atoms with Crippen LogP contribution in [-0.2, 0) is 21.4 Å². The van der Waals surface area contributed by atoms with Gasteiger partial charge in [0.05, 0.1) is 12.1 Å². The van der Waals surface area contributed by atoms with E-state index < -0.39 is 10.0 Å². The molecule has 0 unspecified atom stereocenters. The second-order valence-corrected chi connectivity index (χ2v) is 10.4. The van der Waals surface area contributed by atoms with Crippen LogP contribution < -0.4 is 5.56 Å². The Labute approximate surface area is 170 Å². The van der Waals surface area contributed by atoms with Gasteiger partial charge in [0.1, 0.15) is 14.7 Å². The van der Waals surface area contributed by atoms with Crippen molar-refractivity contribution in [2.45, 2.75) is 23.6 Å². The Hall–Kier alpha value is -2.08. The van der Waals surface area contributed by atoms with Crippen molar-refractivity contribution in [2.75, 3.05) is 20.6 Å². The van der Waals surface area contributed by atoms with Crippen molar-refractivity contribution in [1.29, 1.82) is 0 Å². The first-order valence-corrected chi connectivity index (χ1v) is 11.7. The Morgan fingerprint density at radius 2 is 2.00 bits per heavy atom. The first kappa shape index (κ1) is 20.6. The SMILES string of the molecule is CN(Cc1nc2ccsc2c(=O)[nH]1)C(=O)CCCN(C)S(=O)(=O)c1cccs1. The number of H-pyrrole nitrogens is 1. The number of hydrogen-bond acceptors (Lipinski definition) is 7. The summed E-state index contributed by atoms with van der Waals surface area (Å²) in [6, 6.07) is 5.02. The number of aromatic amines is 1. The van der Waals surface area contributed by atoms with E-state index >= 15 is 0 Å². The van der Waals surface area contributed by atoms with E-state index in [2.05, 4.69) is 9.97 Å². The minimum Gasteiger partial charge on any atom is -0.338 e. The number of rotatable bonds is 8. The molecule has 0 radical (unpaired) electrons. The number of carbonyl (C=O) groups excluding carboxylic acids is 1. The van der Waals surface area contributed by atoms with Crippen molar-refractivity contribution in [3.05, 3.63) is 45.1 Å². The average Bonchev–Trinajstić information content (AvgIpc) is 3.33. The van der Waals surface area contributed by atoms with Gasteiger partial charge in [-0.15, -0.1) is 22.7 Å². The van der Waals surface area contributed by atoms with Gasteiger partial charge in [-0.05, 0) is 29.3 Å². The van der Waals surface area contributed by atoms with Crippen molar-refractivity contribution in [3.63, 3.8) is 0 Å². The van der Waals surface area contributed by atoms with E-state index in [0.29, 0.717) is 22.5 Å². The predicted molar refractivity (Wildman–Crippen MR) is 110 cm³/mol. The summed E-state index contributed by atoms with van der Waals surface area (Å²) in [5.41, 5.74) is 0.404. The fraction of sp³-hybridized carbons (Fsp3) is 0.353. The molecule has 3 aromatic rings. The van der Waals surface area contributed by atoms with Gasteiger partial charge in [0.2, 0.25) is 5.91 Å². The van der Waals surface area contributed by atoms with Gasteiger partial charge in [-0.3, -0.25) is 9.59 Å². The van der Waals surface area contributed by atoms with Crippen molar-refractivity contribution >= 4 is 48.8 Å². The number of amides is 1. The van der Waals surface area contributed by atoms with Gasteiger partial charge in [-0.25, -0.2) is 17.7 Å². The topological polar surface area (TPSA) is 103 Å². The quantitative estimate of drug-likeness (QED) is 0.578. The van der Waals surface area contributed by atoms with Gasteiger partial charge in [-0.1, -0.05) is 6.07 Å². The van der Waals surface area contributed by atoms with Gasteiger partial charge in [0.25, 0.3) is 15.6 Å². The lowest BCUT2D eigenvalue weighted by molar-refractivity contribution is -0.130. The van der Waals surface area contributed by atoms with E-state index in [0.717, 1.165) is 0 Å². The molecular weight excluding hydrogens is 420 g/mol. The zero-order valence-electron chi connectivity index (χ0n) is 15.4. The lowest BCUT2D eigenvalue weighted by Gasteiger charge is -2.18. The van der Waals surface area contributed by atoms with Gasteiger partial charge < -0.3 is 9.88 Å². The Morgan fingerprint density at radius 3 is 2.71 bits per heavy atom. The van der Waals surface area contributed by atoms with E-state index in [1.54, 1.807) is 36.0 Å². The number of thiophene rings is 2. The highest BCUT2D eigenvalue weighted by Crippen LogP contribution is 2.20. The standard InChI is InChI=1S/C17H20N4O4S3/c1-20(11-13-18-12-7-10-27-16(12)17(23)19-13)14(22)5-3-8-21(2)28(24,25)15-6-4-9-26-15/h4,6-7,9-10H,3,5,8,11H2,1-2H3,(H,18,19,23). The molecule has 3 heterocycles. The first-order chi connectivity index (χ1) is 13.3. The van der Waals surface area contributed by atoms with E-state index in [-0.39, 0.29) is 35.2 Å². The summed E-state index contributed by atoms with van der Waals surface area (Å²) in [7, 11) is -0.365. The molecule has 0 bridgehead atoms. The summed E-state index contributed by atoms with van der Waals surface area (Å²) in [6.07, 6.45) is 0.601. The number of fused-ring (bicyclic) bond motifs is 1. The molecule has 0 aromatic carbocycles. The van der Waals surface area contributed by atoms with E-state index in [9.17, 15) is 18.0 Å². The van der Waals surface area contributed by atoms with Crippen LogP contribution >= 0.6 is 22.7 Å². The van der Waals surface area contributed by atoms with E-state index in [1.807, 2.05) is 0 Å². The van der Waals surface area contributed by atoms with Crippen molar-refractivity contribution in [2.24, 2.45) is 0 Å². The zero-order chi connectivity index (χ0) is 20.3. The molecule has 0 atom stereocenters. The summed E-state index contributed by atoms with van der Waals surface area (Å²) in [6.45, 7) is 0.430. The van der Waals surface area contributed by atoms with Crippen LogP contribution in [0.25, 0.3) is 10.2 Å². The number of nitrogens with one attached hydrogen (secondary N) is 1. The van der Waals surface area contributed by atoms with Crippen molar-refractivity contribution < 1.29 is 13.2 Å². The van der Waals surface area contributed by atoms with Crippen LogP contribution in [0.15, 0.2) is 38.0 Å². The molecule has 3 aromatic heterocycles. The molecule has 1 N–H and O–H groups in total. The molecule has 0 aliphatic heterocycles. The van der Waals surface area contributed by atoms with Crippen LogP contribution in [0, 0.1) is 0 Å². The highest BCUT2D eigenvalue weighted by Gasteiger charge is 2.21. The maximum absolute atomic E-state index is 12.4. The van der Waals surface area contributed by atoms with E-state index in [4.69, 9.17) is 0 Å². The normalized spacial score (nSPS) is 12.0. The minimum atomic E-state index is -3.50. The lowest BCUT2D eigenvalue weighted by Crippen LogP contribution is -2.30. The molecule has 0 spiro atoms. The molecule has 3 rings (SSSR count). The van der Waals surface area contributed by atoms with Crippen LogP contribution in [0.4, 0.5) is 0 Å². The summed E-state index contributed by atoms with van der Waals surface area (Å²) in [5, 5.41) is 3.51. The molecule has 0 saturated carbocycles. The van der Waals surface area contributed by atoms with Gasteiger partial charge >= 0.3 is 0 Å². The zero-order valence-corrected chi connectivity index (χ0v) is 17.9. The summed E-state index contributed by atoms with van der Waals surface area (Å²) in [5.74, 6) is 0.277. The number of nitrogens with zero attached hydrogens (tertiary/aromatic N) is 3. The molecule has 150 valence electrons. The van der Waals surface area contributed by atoms with Crippen LogP contribution in [0.5, 0.6) is 0 Å². The molecule has 0 saturated heterocycles. The fourth-order valence-corrected chi connectivity index (χ4v) is 5.77. The smallest absolute Gasteiger partial charge is 0.268 e. The Kier molecular flexibility index (Phi) is 6.28. The molecule has 0 fully saturated rings. The molecule has 11 heteroatoms. The third-order valence-electron chi connectivity index (χ3n) is 4.20. The molecule has 8 nitrogen and oxygen atoms in total. The third kappa shape index (κ3) is 4.49. The lowest BCUT2D eigenvalue weighted by atomic mass is 10.3. The Balaban J connectivity index is 1.53. The number of carbonyl (C=O) groups is 1. The monoisotopic (exact) mass is 440 g/mol. The molecule has 1 amide bonds. The minimum absolute atomic E-state index is 0.144. The van der Waals surface area contributed by atoms with Gasteiger partial charge in [-0.2, -0.15) is 0 Å². The largest absolute Gasteiger partial charge is 0.338 e. The molecule has 0 aliphatic carbocycles. The average molecular weight is 441 g/mol. The number of sulfonamides is 1. The highest BCUT2D eigenvalue weighted by molar-refractivity contribution is 7.91. The van der Waals surface area contributed by atoms with Gasteiger partial charge in [0.15, 0.2) is 0 Å². The molecular formula is C17H20N4O4S3. The van der Waals surface area contributed by atoms with E-state index in [1.165, 1.54) is 38.9 Å². The Morgan fingerprint density at radius 1 is 1.21 bits per heavy atom. The second kappa shape index (κ2) is 8.52. The molecule has 28 heavy (non-hydrogen) atoms. The number of hydrogen-bond donors (Lipinski definition) is 1. The van der Waals surface area contributed by atoms with Crippen molar-refractivity contribution in [3.8, 4) is 0 Å². The molecule has 0 aliphatic rings. The summed E-state index contributed by atoms with van der Waals surface area (Å²) < 4.78 is 26.8. The summed E-state index contributed by atoms with van der Waals surface area (Å²) >= 11 is 2.49. The third-order valence-corrected chi connectivity index (χ3v) is 8.33. The number of aromatic nitrogens is 2. The van der Waals surface area contributed by atoms with Crippen LogP contribution in [0.2, 0.25) is 0 Å². The van der Waals surface area contributed by atoms with Crippen LogP contribution in [-0.4, -0.2) is 54.1 Å².